The quantitative estimate of drug-likeness (QED) is 0.0949. The van der Waals surface area contributed by atoms with Crippen LogP contribution in [-0.4, -0.2) is 82.3 Å². The van der Waals surface area contributed by atoms with Crippen molar-refractivity contribution in [3.63, 3.8) is 0 Å². The molecule has 13 heteroatoms. The molecule has 0 aliphatic heterocycles. The number of fused-ring (bicyclic) bond motifs is 1. The van der Waals surface area contributed by atoms with Crippen LogP contribution in [0.2, 0.25) is 0 Å². The van der Waals surface area contributed by atoms with Gasteiger partial charge in [-0.1, -0.05) is 81.4 Å². The van der Waals surface area contributed by atoms with Gasteiger partial charge in [0.2, 0.25) is 11.6 Å². The highest BCUT2D eigenvalue weighted by Gasteiger charge is 2.36. The number of carbonyl (C=O) groups is 3. The maximum Gasteiger partial charge on any atom is 0.408 e. The van der Waals surface area contributed by atoms with E-state index >= 15 is 0 Å². The molecule has 4 rings (SSSR count). The van der Waals surface area contributed by atoms with Gasteiger partial charge >= 0.3 is 12.2 Å². The van der Waals surface area contributed by atoms with Crippen molar-refractivity contribution in [2.45, 2.75) is 96.9 Å². The summed E-state index contributed by atoms with van der Waals surface area (Å²) in [6.45, 7) is 10.6. The number of ether oxygens (including phenoxy) is 2. The number of carbonyl (C=O) groups excluding carboxylic acids is 3. The lowest BCUT2D eigenvalue weighted by molar-refractivity contribution is -0.127. The van der Waals surface area contributed by atoms with Crippen molar-refractivity contribution in [3.05, 3.63) is 102 Å². The molecule has 0 aliphatic rings. The van der Waals surface area contributed by atoms with E-state index in [-0.39, 0.29) is 26.1 Å². The Morgan fingerprint density at radius 1 is 0.755 bits per heavy atom. The monoisotopic (exact) mass is 731 g/mol. The molecule has 53 heavy (non-hydrogen) atoms. The molecular weight excluding hydrogens is 678 g/mol. The summed E-state index contributed by atoms with van der Waals surface area (Å²) in [4.78, 5) is 43.6. The van der Waals surface area contributed by atoms with Gasteiger partial charge in [0.25, 0.3) is 0 Å². The highest BCUT2D eigenvalue weighted by Crippen LogP contribution is 2.21. The molecule has 0 radical (unpaired) electrons. The van der Waals surface area contributed by atoms with Crippen molar-refractivity contribution < 1.29 is 38.5 Å². The fourth-order valence-electron chi connectivity index (χ4n) is 5.66. The van der Waals surface area contributed by atoms with Crippen LogP contribution >= 0.6 is 0 Å². The maximum atomic E-state index is 13.8. The molecule has 1 unspecified atom stereocenters. The number of hydrogen-bond donors (Lipinski definition) is 6. The molecule has 2 heterocycles. The second-order valence-corrected chi connectivity index (χ2v) is 15.2. The number of furan rings is 1. The zero-order chi connectivity index (χ0) is 38.6. The summed E-state index contributed by atoms with van der Waals surface area (Å²) in [5.41, 5.74) is 0.765. The molecule has 13 nitrogen and oxygen atoms in total. The first kappa shape index (κ1) is 40.8. The minimum absolute atomic E-state index is 0.00134. The van der Waals surface area contributed by atoms with E-state index in [1.54, 1.807) is 39.1 Å². The number of pyridine rings is 1. The first-order chi connectivity index (χ1) is 25.1. The first-order valence-electron chi connectivity index (χ1n) is 17.8. The second kappa shape index (κ2) is 18.7. The number of hydrogen-bond acceptors (Lipinski definition) is 10. The van der Waals surface area contributed by atoms with Crippen LogP contribution in [-0.2, 0) is 33.7 Å². The van der Waals surface area contributed by atoms with Gasteiger partial charge in [0.1, 0.15) is 17.4 Å². The first-order valence-corrected chi connectivity index (χ1v) is 17.8. The van der Waals surface area contributed by atoms with Gasteiger partial charge in [-0.05, 0) is 68.4 Å². The highest BCUT2D eigenvalue weighted by molar-refractivity contribution is 5.86. The average Bonchev–Trinajstić information content (AvgIpc) is 3.52. The third-order valence-electron chi connectivity index (χ3n) is 8.34. The Morgan fingerprint density at radius 3 is 1.85 bits per heavy atom. The Labute approximate surface area is 310 Å². The van der Waals surface area contributed by atoms with Gasteiger partial charge in [-0.2, -0.15) is 0 Å². The fourth-order valence-corrected chi connectivity index (χ4v) is 5.66. The van der Waals surface area contributed by atoms with E-state index in [0.29, 0.717) is 17.9 Å². The van der Waals surface area contributed by atoms with E-state index in [2.05, 4.69) is 26.3 Å². The van der Waals surface area contributed by atoms with Crippen LogP contribution in [0.5, 0.6) is 0 Å². The summed E-state index contributed by atoms with van der Waals surface area (Å²) in [6, 6.07) is 21.7. The molecule has 286 valence electrons. The molecule has 6 N–H and O–H groups in total. The average molecular weight is 732 g/mol. The number of aliphatic hydroxyl groups excluding tert-OH is 2. The molecule has 2 aromatic carbocycles. The number of nitrogens with zero attached hydrogens (tertiary/aromatic N) is 1. The number of amides is 3. The van der Waals surface area contributed by atoms with Gasteiger partial charge in [0.15, 0.2) is 6.61 Å². The van der Waals surface area contributed by atoms with Crippen molar-refractivity contribution in [2.75, 3.05) is 13.1 Å². The summed E-state index contributed by atoms with van der Waals surface area (Å²) in [6.07, 6.45) is -1.38. The summed E-state index contributed by atoms with van der Waals surface area (Å²) < 4.78 is 16.5. The molecular formula is C40H53N5O8. The standard InChI is InChI=1S/C40H53N5O8/c1-39(2,3)34(45-37(49)51-25-29-22-28-18-13-19-42-36(28)52-29)35(48)43-30(20-26-14-9-7-10-15-26)32(46)23-41-24-33(47)31(21-27-16-11-8-12-17-27)44-38(50)53-40(4,5)6/h7-19,22,30-34,41,46-47H,20-21,23-25H2,1-6H3,(H,43,48)(H,44,50)(H,45,49)/t30?,31-,32+,33+,34+/m1/s1. The van der Waals surface area contributed by atoms with Crippen LogP contribution in [0.3, 0.4) is 0 Å². The maximum absolute atomic E-state index is 13.8. The van der Waals surface area contributed by atoms with Crippen LogP contribution in [0.4, 0.5) is 9.59 Å². The number of rotatable bonds is 16. The van der Waals surface area contributed by atoms with E-state index in [0.717, 1.165) is 16.5 Å². The normalized spacial score (nSPS) is 14.7. The van der Waals surface area contributed by atoms with Gasteiger partial charge in [-0.15, -0.1) is 0 Å². The summed E-state index contributed by atoms with van der Waals surface area (Å²) in [5.74, 6) is -0.104. The summed E-state index contributed by atoms with van der Waals surface area (Å²) in [7, 11) is 0. The number of aliphatic hydroxyl groups is 2. The SMILES string of the molecule is CC(C)(C)OC(=O)N[C@H](Cc1ccccc1)[C@@H](O)CNC[C@H](O)C(Cc1ccccc1)NC(=O)[C@H](NC(=O)OCc1cc2cccnc2o1)C(C)(C)C. The lowest BCUT2D eigenvalue weighted by Gasteiger charge is -2.33. The number of alkyl carbamates (subject to hydrolysis) is 2. The van der Waals surface area contributed by atoms with Crippen molar-refractivity contribution in [1.82, 2.24) is 26.3 Å². The lowest BCUT2D eigenvalue weighted by Crippen LogP contribution is -2.58. The van der Waals surface area contributed by atoms with E-state index in [4.69, 9.17) is 13.9 Å². The number of benzene rings is 2. The topological polar surface area (TPSA) is 184 Å². The molecule has 0 aliphatic carbocycles. The fraction of sp³-hybridized carbons (Fsp3) is 0.450. The lowest BCUT2D eigenvalue weighted by atomic mass is 9.85. The molecule has 0 fully saturated rings. The van der Waals surface area contributed by atoms with E-state index in [1.807, 2.05) is 87.5 Å². The van der Waals surface area contributed by atoms with Crippen LogP contribution in [0.25, 0.3) is 11.1 Å². The van der Waals surface area contributed by atoms with Crippen molar-refractivity contribution >= 4 is 29.2 Å². The molecule has 0 spiro atoms. The minimum Gasteiger partial charge on any atom is -0.444 e. The van der Waals surface area contributed by atoms with Gasteiger partial charge in [0.05, 0.1) is 24.3 Å². The van der Waals surface area contributed by atoms with E-state index < -0.39 is 59.4 Å². The summed E-state index contributed by atoms with van der Waals surface area (Å²) in [5, 5.41) is 34.9. The van der Waals surface area contributed by atoms with Gasteiger partial charge < -0.3 is 45.4 Å². The zero-order valence-corrected chi connectivity index (χ0v) is 31.3. The van der Waals surface area contributed by atoms with Crippen LogP contribution in [0, 0.1) is 5.41 Å². The smallest absolute Gasteiger partial charge is 0.408 e. The van der Waals surface area contributed by atoms with Crippen molar-refractivity contribution in [1.29, 1.82) is 0 Å². The number of nitrogens with one attached hydrogen (secondary N) is 4. The predicted molar refractivity (Wildman–Crippen MR) is 201 cm³/mol. The van der Waals surface area contributed by atoms with E-state index in [9.17, 15) is 24.6 Å². The van der Waals surface area contributed by atoms with Gasteiger partial charge in [-0.3, -0.25) is 4.79 Å². The van der Waals surface area contributed by atoms with E-state index in [1.165, 1.54) is 0 Å². The Kier molecular flexibility index (Phi) is 14.4. The minimum atomic E-state index is -1.10. The third-order valence-corrected chi connectivity index (χ3v) is 8.34. The predicted octanol–water partition coefficient (Wildman–Crippen LogP) is 4.64. The molecule has 4 aromatic rings. The molecule has 0 saturated heterocycles. The largest absolute Gasteiger partial charge is 0.444 e. The Hall–Kier alpha value is -4.98. The highest BCUT2D eigenvalue weighted by atomic mass is 16.6. The van der Waals surface area contributed by atoms with Gasteiger partial charge in [-0.25, -0.2) is 14.6 Å². The third kappa shape index (κ3) is 13.5. The zero-order valence-electron chi connectivity index (χ0n) is 31.3. The molecule has 0 saturated carbocycles. The summed E-state index contributed by atoms with van der Waals surface area (Å²) >= 11 is 0. The Balaban J connectivity index is 1.40. The molecule has 3 amide bonds. The molecule has 0 bridgehead atoms. The number of aromatic nitrogens is 1. The Bertz CT molecular complexity index is 1720. The van der Waals surface area contributed by atoms with Crippen LogP contribution in [0.15, 0.2) is 89.5 Å². The van der Waals surface area contributed by atoms with Crippen molar-refractivity contribution in [3.8, 4) is 0 Å². The van der Waals surface area contributed by atoms with Crippen molar-refractivity contribution in [2.24, 2.45) is 5.41 Å². The van der Waals surface area contributed by atoms with Crippen LogP contribution < -0.4 is 21.3 Å². The second-order valence-electron chi connectivity index (χ2n) is 15.2. The Morgan fingerprint density at radius 2 is 1.32 bits per heavy atom. The van der Waals surface area contributed by atoms with Crippen LogP contribution in [0.1, 0.15) is 58.4 Å². The van der Waals surface area contributed by atoms with Gasteiger partial charge in [0, 0.05) is 24.7 Å². The molecule has 5 atom stereocenters. The molecule has 2 aromatic heterocycles.